The maximum atomic E-state index is 5.30. The van der Waals surface area contributed by atoms with Crippen LogP contribution in [0.5, 0.6) is 0 Å². The molecule has 1 aliphatic heterocycles. The minimum absolute atomic E-state index is 0.0395. The minimum atomic E-state index is 0.0395. The van der Waals surface area contributed by atoms with Crippen molar-refractivity contribution in [1.82, 2.24) is 25.7 Å². The Morgan fingerprint density at radius 3 is 2.89 bits per heavy atom. The van der Waals surface area contributed by atoms with E-state index in [0.29, 0.717) is 5.11 Å². The molecule has 98 valence electrons. The second-order valence-corrected chi connectivity index (χ2v) is 4.41. The number of hydrogen-bond acceptors (Lipinski definition) is 5. The van der Waals surface area contributed by atoms with E-state index in [1.165, 1.54) is 0 Å². The van der Waals surface area contributed by atoms with E-state index in [1.54, 1.807) is 18.6 Å². The molecule has 1 aromatic rings. The van der Waals surface area contributed by atoms with Gasteiger partial charge in [-0.3, -0.25) is 15.4 Å². The van der Waals surface area contributed by atoms with Crippen LogP contribution in [0, 0.1) is 0 Å². The van der Waals surface area contributed by atoms with Gasteiger partial charge in [0, 0.05) is 25.5 Å². The highest BCUT2D eigenvalue weighted by Crippen LogP contribution is 2.05. The van der Waals surface area contributed by atoms with Gasteiger partial charge in [0.1, 0.15) is 0 Å². The van der Waals surface area contributed by atoms with Gasteiger partial charge >= 0.3 is 0 Å². The van der Waals surface area contributed by atoms with Gasteiger partial charge in [-0.2, -0.15) is 0 Å². The molecule has 0 aromatic carbocycles. The monoisotopic (exact) mass is 267 g/mol. The molecule has 2 N–H and O–H groups in total. The number of morpholine rings is 1. The number of hydrazine groups is 1. The average molecular weight is 267 g/mol. The third kappa shape index (κ3) is 3.59. The summed E-state index contributed by atoms with van der Waals surface area (Å²) < 4.78 is 5.28. The quantitative estimate of drug-likeness (QED) is 0.601. The Labute approximate surface area is 112 Å². The van der Waals surface area contributed by atoms with Crippen molar-refractivity contribution < 1.29 is 4.74 Å². The van der Waals surface area contributed by atoms with Gasteiger partial charge in [0.15, 0.2) is 5.11 Å². The van der Waals surface area contributed by atoms with Gasteiger partial charge in [0.25, 0.3) is 0 Å². The standard InChI is InChI=1S/C11H17N5OS/c1-9(10-8-12-2-3-13-10)14-15-11(18)16-4-6-17-7-5-16/h2-3,8-9,14H,4-7H2,1H3,(H,15,18). The van der Waals surface area contributed by atoms with Crippen molar-refractivity contribution in [2.24, 2.45) is 0 Å². The molecule has 18 heavy (non-hydrogen) atoms. The molecule has 1 aliphatic rings. The predicted molar refractivity (Wildman–Crippen MR) is 71.7 cm³/mol. The highest BCUT2D eigenvalue weighted by molar-refractivity contribution is 7.80. The third-order valence-corrected chi connectivity index (χ3v) is 3.08. The lowest BCUT2D eigenvalue weighted by Crippen LogP contribution is -2.50. The summed E-state index contributed by atoms with van der Waals surface area (Å²) in [6.07, 6.45) is 5.06. The van der Waals surface area contributed by atoms with E-state index in [-0.39, 0.29) is 6.04 Å². The van der Waals surface area contributed by atoms with Crippen LogP contribution in [-0.2, 0) is 4.74 Å². The number of hydrogen-bond donors (Lipinski definition) is 2. The van der Waals surface area contributed by atoms with Gasteiger partial charge in [-0.05, 0) is 19.1 Å². The third-order valence-electron chi connectivity index (χ3n) is 2.72. The normalized spacial score (nSPS) is 17.3. The Morgan fingerprint density at radius 1 is 1.44 bits per heavy atom. The number of thiocarbonyl (C=S) groups is 1. The van der Waals surface area contributed by atoms with Crippen molar-refractivity contribution in [2.75, 3.05) is 26.3 Å². The second-order valence-electron chi connectivity index (χ2n) is 4.03. The van der Waals surface area contributed by atoms with Crippen LogP contribution in [0.15, 0.2) is 18.6 Å². The molecule has 1 saturated heterocycles. The topological polar surface area (TPSA) is 62.3 Å². The molecule has 1 fully saturated rings. The number of nitrogens with zero attached hydrogens (tertiary/aromatic N) is 3. The molecule has 7 heteroatoms. The van der Waals surface area contributed by atoms with Crippen LogP contribution in [0.3, 0.4) is 0 Å². The maximum Gasteiger partial charge on any atom is 0.183 e. The number of rotatable bonds is 3. The summed E-state index contributed by atoms with van der Waals surface area (Å²) in [7, 11) is 0. The van der Waals surface area contributed by atoms with Crippen molar-refractivity contribution in [3.63, 3.8) is 0 Å². The summed E-state index contributed by atoms with van der Waals surface area (Å²) in [4.78, 5) is 10.3. The lowest BCUT2D eigenvalue weighted by molar-refractivity contribution is 0.0672. The van der Waals surface area contributed by atoms with Gasteiger partial charge < -0.3 is 9.64 Å². The van der Waals surface area contributed by atoms with Crippen LogP contribution in [0.25, 0.3) is 0 Å². The molecular weight excluding hydrogens is 250 g/mol. The second kappa shape index (κ2) is 6.58. The van der Waals surface area contributed by atoms with E-state index in [9.17, 15) is 0 Å². The fourth-order valence-corrected chi connectivity index (χ4v) is 1.87. The van der Waals surface area contributed by atoms with Crippen molar-refractivity contribution in [2.45, 2.75) is 13.0 Å². The SMILES string of the molecule is CC(NNC(=S)N1CCOCC1)c1cnccn1. The summed E-state index contributed by atoms with van der Waals surface area (Å²) in [5, 5.41) is 0.689. The number of ether oxygens (including phenoxy) is 1. The summed E-state index contributed by atoms with van der Waals surface area (Å²) >= 11 is 5.30. The molecule has 0 aliphatic carbocycles. The van der Waals surface area contributed by atoms with Gasteiger partial charge in [0.2, 0.25) is 0 Å². The maximum absolute atomic E-state index is 5.30. The number of aromatic nitrogens is 2. The van der Waals surface area contributed by atoms with Crippen LogP contribution in [0.4, 0.5) is 0 Å². The Kier molecular flexibility index (Phi) is 4.80. The van der Waals surface area contributed by atoms with Gasteiger partial charge in [-0.15, -0.1) is 0 Å². The van der Waals surface area contributed by atoms with Crippen LogP contribution < -0.4 is 10.9 Å². The van der Waals surface area contributed by atoms with Crippen molar-refractivity contribution in [1.29, 1.82) is 0 Å². The fourth-order valence-electron chi connectivity index (χ4n) is 1.62. The molecule has 1 atom stereocenters. The highest BCUT2D eigenvalue weighted by atomic mass is 32.1. The molecule has 6 nitrogen and oxygen atoms in total. The molecular formula is C11H17N5OS. The van der Waals surface area contributed by atoms with Crippen LogP contribution >= 0.6 is 12.2 Å². The first-order valence-corrected chi connectivity index (χ1v) is 6.32. The van der Waals surface area contributed by atoms with E-state index >= 15 is 0 Å². The van der Waals surface area contributed by atoms with Gasteiger partial charge in [-0.1, -0.05) is 0 Å². The first-order valence-electron chi connectivity index (χ1n) is 5.91. The smallest absolute Gasteiger partial charge is 0.183 e. The highest BCUT2D eigenvalue weighted by Gasteiger charge is 2.14. The first kappa shape index (κ1) is 13.1. The Bertz CT molecular complexity index is 382. The van der Waals surface area contributed by atoms with E-state index in [0.717, 1.165) is 32.0 Å². The predicted octanol–water partition coefficient (Wildman–Crippen LogP) is 0.249. The lowest BCUT2D eigenvalue weighted by Gasteiger charge is -2.30. The van der Waals surface area contributed by atoms with Gasteiger partial charge in [-0.25, -0.2) is 5.43 Å². The molecule has 2 rings (SSSR count). The molecule has 0 spiro atoms. The number of nitrogens with one attached hydrogen (secondary N) is 2. The van der Waals surface area contributed by atoms with Crippen molar-refractivity contribution in [3.05, 3.63) is 24.3 Å². The molecule has 2 heterocycles. The first-order chi connectivity index (χ1) is 8.77. The Balaban J connectivity index is 1.78. The Morgan fingerprint density at radius 2 is 2.22 bits per heavy atom. The summed E-state index contributed by atoms with van der Waals surface area (Å²) in [5.74, 6) is 0. The lowest BCUT2D eigenvalue weighted by atomic mass is 10.3. The van der Waals surface area contributed by atoms with Crippen LogP contribution in [0.2, 0.25) is 0 Å². The minimum Gasteiger partial charge on any atom is -0.378 e. The van der Waals surface area contributed by atoms with Crippen LogP contribution in [0.1, 0.15) is 18.7 Å². The molecule has 0 amide bonds. The zero-order chi connectivity index (χ0) is 12.8. The summed E-state index contributed by atoms with van der Waals surface area (Å²) in [5.41, 5.74) is 7.02. The van der Waals surface area contributed by atoms with Gasteiger partial charge in [0.05, 0.1) is 31.1 Å². The largest absolute Gasteiger partial charge is 0.378 e. The van der Waals surface area contributed by atoms with E-state index in [2.05, 4.69) is 25.7 Å². The average Bonchev–Trinajstić information content (AvgIpc) is 2.46. The fraction of sp³-hybridized carbons (Fsp3) is 0.545. The van der Waals surface area contributed by atoms with Crippen molar-refractivity contribution >= 4 is 17.3 Å². The molecule has 0 bridgehead atoms. The Hall–Kier alpha value is -1.31. The van der Waals surface area contributed by atoms with E-state index < -0.39 is 0 Å². The van der Waals surface area contributed by atoms with Crippen LogP contribution in [-0.4, -0.2) is 46.3 Å². The zero-order valence-electron chi connectivity index (χ0n) is 10.3. The molecule has 1 aromatic heterocycles. The molecule has 0 saturated carbocycles. The van der Waals surface area contributed by atoms with Crippen molar-refractivity contribution in [3.8, 4) is 0 Å². The van der Waals surface area contributed by atoms with E-state index in [1.807, 2.05) is 6.92 Å². The molecule has 1 unspecified atom stereocenters. The summed E-state index contributed by atoms with van der Waals surface area (Å²) in [6.45, 7) is 5.10. The summed E-state index contributed by atoms with van der Waals surface area (Å²) in [6, 6.07) is 0.0395. The zero-order valence-corrected chi connectivity index (χ0v) is 11.1. The van der Waals surface area contributed by atoms with E-state index in [4.69, 9.17) is 17.0 Å². The molecule has 0 radical (unpaired) electrons.